The monoisotopic (exact) mass is 260 g/mol. The number of rotatable bonds is 6. The van der Waals surface area contributed by atoms with E-state index in [2.05, 4.69) is 37.5 Å². The molecular formula is C13H20N6. The summed E-state index contributed by atoms with van der Waals surface area (Å²) in [7, 11) is 1.82. The fourth-order valence-corrected chi connectivity index (χ4v) is 2.57. The molecule has 1 aliphatic rings. The number of H-pyrrole nitrogens is 1. The molecule has 0 bridgehead atoms. The van der Waals surface area contributed by atoms with Gasteiger partial charge in [0.1, 0.15) is 5.52 Å². The van der Waals surface area contributed by atoms with E-state index in [0.717, 1.165) is 17.9 Å². The van der Waals surface area contributed by atoms with Gasteiger partial charge in [-0.2, -0.15) is 9.97 Å². The van der Waals surface area contributed by atoms with E-state index in [1.54, 1.807) is 6.33 Å². The molecule has 0 spiro atoms. The number of nitrogens with zero attached hydrogens (tertiary/aromatic N) is 3. The van der Waals surface area contributed by atoms with Crippen LogP contribution in [0.1, 0.15) is 32.6 Å². The van der Waals surface area contributed by atoms with Crippen LogP contribution in [-0.2, 0) is 0 Å². The van der Waals surface area contributed by atoms with Crippen molar-refractivity contribution in [2.75, 3.05) is 24.2 Å². The molecule has 0 amide bonds. The summed E-state index contributed by atoms with van der Waals surface area (Å²) in [6.07, 6.45) is 6.83. The highest BCUT2D eigenvalue weighted by atomic mass is 15.2. The molecule has 1 fully saturated rings. The van der Waals surface area contributed by atoms with Crippen molar-refractivity contribution in [1.82, 2.24) is 19.9 Å². The molecule has 6 nitrogen and oxygen atoms in total. The average molecular weight is 260 g/mol. The number of hydrogen-bond acceptors (Lipinski definition) is 5. The summed E-state index contributed by atoms with van der Waals surface area (Å²) in [6, 6.07) is 0. The molecule has 0 aliphatic heterocycles. The summed E-state index contributed by atoms with van der Waals surface area (Å²) < 4.78 is 0. The first-order chi connectivity index (χ1) is 9.26. The van der Waals surface area contributed by atoms with Crippen molar-refractivity contribution >= 4 is 22.9 Å². The predicted molar refractivity (Wildman–Crippen MR) is 76.3 cm³/mol. The van der Waals surface area contributed by atoms with Crippen LogP contribution in [0.25, 0.3) is 11.2 Å². The standard InChI is InChI=1S/C13H20N6/c1-3-4-13(5-6-13)7-15-10-9-11(17-8-16-9)19-12(14-2)18-10/h8H,3-7H2,1-2H3,(H3,14,15,16,17,18,19). The maximum Gasteiger partial charge on any atom is 0.226 e. The highest BCUT2D eigenvalue weighted by Gasteiger charge is 2.41. The van der Waals surface area contributed by atoms with Crippen LogP contribution < -0.4 is 10.6 Å². The van der Waals surface area contributed by atoms with Crippen molar-refractivity contribution in [2.45, 2.75) is 32.6 Å². The van der Waals surface area contributed by atoms with E-state index in [-0.39, 0.29) is 0 Å². The van der Waals surface area contributed by atoms with Crippen LogP contribution >= 0.6 is 0 Å². The molecule has 1 aliphatic carbocycles. The van der Waals surface area contributed by atoms with Crippen molar-refractivity contribution in [3.05, 3.63) is 6.33 Å². The normalized spacial score (nSPS) is 16.5. The quantitative estimate of drug-likeness (QED) is 0.743. The third-order valence-corrected chi connectivity index (χ3v) is 3.88. The Morgan fingerprint density at radius 1 is 1.37 bits per heavy atom. The lowest BCUT2D eigenvalue weighted by Crippen LogP contribution is -2.16. The van der Waals surface area contributed by atoms with Crippen LogP contribution in [0.3, 0.4) is 0 Å². The first-order valence-electron chi connectivity index (χ1n) is 6.89. The third-order valence-electron chi connectivity index (χ3n) is 3.88. The molecule has 3 N–H and O–H groups in total. The topological polar surface area (TPSA) is 78.5 Å². The van der Waals surface area contributed by atoms with Crippen molar-refractivity contribution in [2.24, 2.45) is 5.41 Å². The molecule has 0 radical (unpaired) electrons. The molecule has 1 saturated carbocycles. The van der Waals surface area contributed by atoms with Crippen LogP contribution in [-0.4, -0.2) is 33.5 Å². The first kappa shape index (κ1) is 12.2. The lowest BCUT2D eigenvalue weighted by atomic mass is 10.0. The van der Waals surface area contributed by atoms with Gasteiger partial charge in [-0.25, -0.2) is 4.98 Å². The van der Waals surface area contributed by atoms with Crippen molar-refractivity contribution in [3.8, 4) is 0 Å². The van der Waals surface area contributed by atoms with Gasteiger partial charge in [-0.15, -0.1) is 0 Å². The Morgan fingerprint density at radius 2 is 2.21 bits per heavy atom. The predicted octanol–water partition coefficient (Wildman–Crippen LogP) is 2.39. The molecule has 2 heterocycles. The van der Waals surface area contributed by atoms with Gasteiger partial charge in [0.25, 0.3) is 0 Å². The van der Waals surface area contributed by atoms with E-state index in [4.69, 9.17) is 0 Å². The molecule has 19 heavy (non-hydrogen) atoms. The van der Waals surface area contributed by atoms with Crippen LogP contribution in [0.2, 0.25) is 0 Å². The van der Waals surface area contributed by atoms with Gasteiger partial charge in [0.05, 0.1) is 6.33 Å². The zero-order chi connectivity index (χ0) is 13.3. The van der Waals surface area contributed by atoms with Gasteiger partial charge in [0, 0.05) is 13.6 Å². The SMILES string of the molecule is CCCC1(CNc2nc(NC)nc3nc[nH]c23)CC1. The number of imidazole rings is 1. The number of aromatic nitrogens is 4. The Morgan fingerprint density at radius 3 is 2.89 bits per heavy atom. The van der Waals surface area contributed by atoms with Crippen LogP contribution in [0.15, 0.2) is 6.33 Å². The van der Waals surface area contributed by atoms with E-state index in [9.17, 15) is 0 Å². The fraction of sp³-hybridized carbons (Fsp3) is 0.615. The number of aromatic amines is 1. The minimum absolute atomic E-state index is 0.492. The third kappa shape index (κ3) is 2.34. The van der Waals surface area contributed by atoms with Crippen molar-refractivity contribution in [1.29, 1.82) is 0 Å². The maximum atomic E-state index is 4.48. The van der Waals surface area contributed by atoms with Gasteiger partial charge in [-0.05, 0) is 24.7 Å². The Bertz CT molecular complexity index is 572. The summed E-state index contributed by atoms with van der Waals surface area (Å²) in [5.74, 6) is 1.44. The zero-order valence-corrected chi connectivity index (χ0v) is 11.5. The van der Waals surface area contributed by atoms with Gasteiger partial charge < -0.3 is 15.6 Å². The van der Waals surface area contributed by atoms with Crippen molar-refractivity contribution < 1.29 is 0 Å². The summed E-state index contributed by atoms with van der Waals surface area (Å²) in [5.41, 5.74) is 2.07. The van der Waals surface area contributed by atoms with E-state index < -0.39 is 0 Å². The lowest BCUT2D eigenvalue weighted by Gasteiger charge is -2.15. The zero-order valence-electron chi connectivity index (χ0n) is 11.5. The summed E-state index contributed by atoms with van der Waals surface area (Å²) >= 11 is 0. The summed E-state index contributed by atoms with van der Waals surface area (Å²) in [4.78, 5) is 16.1. The Labute approximate surface area is 112 Å². The largest absolute Gasteiger partial charge is 0.368 e. The minimum atomic E-state index is 0.492. The highest BCUT2D eigenvalue weighted by Crippen LogP contribution is 2.49. The number of nitrogens with one attached hydrogen (secondary N) is 3. The second-order valence-corrected chi connectivity index (χ2v) is 5.35. The Balaban J connectivity index is 1.81. The first-order valence-corrected chi connectivity index (χ1v) is 6.89. The van der Waals surface area contributed by atoms with Crippen molar-refractivity contribution in [3.63, 3.8) is 0 Å². The Kier molecular flexibility index (Phi) is 3.00. The molecule has 6 heteroatoms. The number of fused-ring (bicyclic) bond motifs is 1. The van der Waals surface area contributed by atoms with Gasteiger partial charge >= 0.3 is 0 Å². The van der Waals surface area contributed by atoms with Gasteiger partial charge in [0.15, 0.2) is 11.5 Å². The average Bonchev–Trinajstić information content (AvgIpc) is 3.02. The lowest BCUT2D eigenvalue weighted by molar-refractivity contribution is 0.485. The highest BCUT2D eigenvalue weighted by molar-refractivity contribution is 5.83. The molecular weight excluding hydrogens is 240 g/mol. The van der Waals surface area contributed by atoms with E-state index >= 15 is 0 Å². The number of anilines is 2. The molecule has 0 unspecified atom stereocenters. The molecule has 0 saturated heterocycles. The Hall–Kier alpha value is -1.85. The fourth-order valence-electron chi connectivity index (χ4n) is 2.57. The second kappa shape index (κ2) is 4.68. The van der Waals surface area contributed by atoms with Crippen LogP contribution in [0.4, 0.5) is 11.8 Å². The molecule has 2 aromatic heterocycles. The van der Waals surface area contributed by atoms with Gasteiger partial charge in [-0.3, -0.25) is 0 Å². The summed E-state index contributed by atoms with van der Waals surface area (Å²) in [6.45, 7) is 3.23. The van der Waals surface area contributed by atoms with E-state index in [1.165, 1.54) is 25.7 Å². The minimum Gasteiger partial charge on any atom is -0.368 e. The van der Waals surface area contributed by atoms with Crippen LogP contribution in [0.5, 0.6) is 0 Å². The second-order valence-electron chi connectivity index (χ2n) is 5.35. The maximum absolute atomic E-state index is 4.48. The van der Waals surface area contributed by atoms with Gasteiger partial charge in [0.2, 0.25) is 5.95 Å². The molecule has 102 valence electrons. The molecule has 0 aromatic carbocycles. The number of hydrogen-bond donors (Lipinski definition) is 3. The molecule has 3 rings (SSSR count). The molecule has 2 aromatic rings. The smallest absolute Gasteiger partial charge is 0.226 e. The summed E-state index contributed by atoms with van der Waals surface area (Å²) in [5, 5.41) is 6.44. The van der Waals surface area contributed by atoms with Crippen LogP contribution in [0, 0.1) is 5.41 Å². The molecule has 0 atom stereocenters. The van der Waals surface area contributed by atoms with E-state index in [1.807, 2.05) is 7.05 Å². The van der Waals surface area contributed by atoms with E-state index in [0.29, 0.717) is 17.0 Å². The van der Waals surface area contributed by atoms with Gasteiger partial charge in [-0.1, -0.05) is 13.3 Å².